The van der Waals surface area contributed by atoms with E-state index in [1.165, 1.54) is 38.5 Å². The van der Waals surface area contributed by atoms with Crippen LogP contribution in [0.25, 0.3) is 0 Å². The van der Waals surface area contributed by atoms with Crippen molar-refractivity contribution >= 4 is 29.1 Å². The molecule has 0 aliphatic heterocycles. The van der Waals surface area contributed by atoms with Crippen LogP contribution < -0.4 is 10.1 Å². The molecule has 1 N–H and O–H groups in total. The topological polar surface area (TPSA) is 38.3 Å². The zero-order valence-electron chi connectivity index (χ0n) is 14.6. The fraction of sp³-hybridized carbons (Fsp3) is 0.650. The van der Waals surface area contributed by atoms with E-state index >= 15 is 0 Å². The third-order valence-electron chi connectivity index (χ3n) is 6.63. The summed E-state index contributed by atoms with van der Waals surface area (Å²) in [6.07, 6.45) is 8.09. The lowest BCUT2D eigenvalue weighted by atomic mass is 9.48. The van der Waals surface area contributed by atoms with Crippen LogP contribution >= 0.6 is 23.2 Å². The number of ether oxygens (including phenoxy) is 1. The summed E-state index contributed by atoms with van der Waals surface area (Å²) >= 11 is 12.0. The fourth-order valence-electron chi connectivity index (χ4n) is 5.88. The van der Waals surface area contributed by atoms with Gasteiger partial charge in [0.05, 0.1) is 5.02 Å². The molecule has 5 rings (SSSR count). The van der Waals surface area contributed by atoms with Crippen LogP contribution in [0.5, 0.6) is 5.75 Å². The van der Waals surface area contributed by atoms with E-state index < -0.39 is 0 Å². The molecule has 0 aromatic heterocycles. The molecule has 3 nitrogen and oxygen atoms in total. The smallest absolute Gasteiger partial charge is 0.258 e. The Hall–Kier alpha value is -0.930. The number of carbonyl (C=O) groups excluding carboxylic acids is 1. The SMILES string of the molecule is C[C@@H](NC(=O)COc1ccc(Cl)cc1Cl)C12CC3CC(CC(C3)C1)C2. The first-order valence-electron chi connectivity index (χ1n) is 9.31. The molecule has 0 unspecified atom stereocenters. The van der Waals surface area contributed by atoms with E-state index in [2.05, 4.69) is 12.2 Å². The Morgan fingerprint density at radius 1 is 1.20 bits per heavy atom. The van der Waals surface area contributed by atoms with Crippen LogP contribution in [0.15, 0.2) is 18.2 Å². The summed E-state index contributed by atoms with van der Waals surface area (Å²) in [6.45, 7) is 2.17. The minimum atomic E-state index is -0.0748. The molecule has 1 aromatic carbocycles. The zero-order chi connectivity index (χ0) is 17.6. The summed E-state index contributed by atoms with van der Waals surface area (Å²) < 4.78 is 5.57. The number of rotatable bonds is 5. The van der Waals surface area contributed by atoms with Crippen LogP contribution in [0, 0.1) is 23.2 Å². The lowest BCUT2D eigenvalue weighted by Crippen LogP contribution is -2.56. The summed E-state index contributed by atoms with van der Waals surface area (Å²) in [5.41, 5.74) is 0.308. The van der Waals surface area contributed by atoms with E-state index in [1.54, 1.807) is 18.2 Å². The van der Waals surface area contributed by atoms with Gasteiger partial charge < -0.3 is 10.1 Å². The second-order valence-electron chi connectivity index (χ2n) is 8.43. The molecule has 0 spiro atoms. The lowest BCUT2D eigenvalue weighted by molar-refractivity contribution is -0.127. The lowest BCUT2D eigenvalue weighted by Gasteiger charge is -2.59. The predicted octanol–water partition coefficient (Wildman–Crippen LogP) is 5.09. The largest absolute Gasteiger partial charge is 0.482 e. The fourth-order valence-corrected chi connectivity index (χ4v) is 6.34. The van der Waals surface area contributed by atoms with Crippen molar-refractivity contribution in [2.75, 3.05) is 6.61 Å². The van der Waals surface area contributed by atoms with Crippen LogP contribution in [0.4, 0.5) is 0 Å². The second-order valence-corrected chi connectivity index (χ2v) is 9.28. The van der Waals surface area contributed by atoms with Gasteiger partial charge in [-0.05, 0) is 86.8 Å². The minimum Gasteiger partial charge on any atom is -0.482 e. The minimum absolute atomic E-state index is 0.0158. The summed E-state index contributed by atoms with van der Waals surface area (Å²) in [7, 11) is 0. The highest BCUT2D eigenvalue weighted by Gasteiger charge is 2.53. The Morgan fingerprint density at radius 3 is 2.36 bits per heavy atom. The van der Waals surface area contributed by atoms with Crippen molar-refractivity contribution in [2.24, 2.45) is 23.2 Å². The van der Waals surface area contributed by atoms with Gasteiger partial charge in [-0.2, -0.15) is 0 Å². The van der Waals surface area contributed by atoms with Crippen molar-refractivity contribution in [3.63, 3.8) is 0 Å². The molecule has 1 atom stereocenters. The third kappa shape index (κ3) is 3.50. The van der Waals surface area contributed by atoms with E-state index in [9.17, 15) is 4.79 Å². The molecule has 1 aromatic rings. The third-order valence-corrected chi connectivity index (χ3v) is 7.16. The molecule has 4 saturated carbocycles. The van der Waals surface area contributed by atoms with Gasteiger partial charge in [0, 0.05) is 11.1 Å². The average molecular weight is 382 g/mol. The van der Waals surface area contributed by atoms with Gasteiger partial charge in [0.1, 0.15) is 5.75 Å². The van der Waals surface area contributed by atoms with Gasteiger partial charge in [-0.3, -0.25) is 4.79 Å². The molecule has 1 amide bonds. The second kappa shape index (κ2) is 6.66. The van der Waals surface area contributed by atoms with Gasteiger partial charge in [-0.25, -0.2) is 0 Å². The zero-order valence-corrected chi connectivity index (χ0v) is 16.1. The van der Waals surface area contributed by atoms with Gasteiger partial charge in [-0.15, -0.1) is 0 Å². The first-order valence-corrected chi connectivity index (χ1v) is 10.1. The molecule has 0 saturated heterocycles. The Balaban J connectivity index is 1.34. The molecule has 136 valence electrons. The van der Waals surface area contributed by atoms with E-state index in [-0.39, 0.29) is 18.6 Å². The normalized spacial score (nSPS) is 34.0. The molecule has 4 aliphatic rings. The number of nitrogens with one attached hydrogen (secondary N) is 1. The maximum atomic E-state index is 12.4. The summed E-state index contributed by atoms with van der Waals surface area (Å²) in [5.74, 6) is 3.07. The van der Waals surface area contributed by atoms with Crippen molar-refractivity contribution in [2.45, 2.75) is 51.5 Å². The Kier molecular flexibility index (Phi) is 4.66. The van der Waals surface area contributed by atoms with Gasteiger partial charge in [0.15, 0.2) is 6.61 Å². The summed E-state index contributed by atoms with van der Waals surface area (Å²) in [5, 5.41) is 4.18. The maximum Gasteiger partial charge on any atom is 0.258 e. The molecule has 25 heavy (non-hydrogen) atoms. The van der Waals surface area contributed by atoms with E-state index in [0.717, 1.165) is 17.8 Å². The average Bonchev–Trinajstić information content (AvgIpc) is 2.52. The van der Waals surface area contributed by atoms with Crippen molar-refractivity contribution in [1.82, 2.24) is 5.32 Å². The van der Waals surface area contributed by atoms with Gasteiger partial charge in [0.2, 0.25) is 0 Å². The van der Waals surface area contributed by atoms with E-state index in [4.69, 9.17) is 27.9 Å². The van der Waals surface area contributed by atoms with Crippen molar-refractivity contribution < 1.29 is 9.53 Å². The first kappa shape index (κ1) is 17.5. The Morgan fingerprint density at radius 2 is 1.80 bits per heavy atom. The maximum absolute atomic E-state index is 12.4. The summed E-state index contributed by atoms with van der Waals surface area (Å²) in [4.78, 5) is 12.4. The molecule has 4 fully saturated rings. The molecule has 5 heteroatoms. The van der Waals surface area contributed by atoms with Gasteiger partial charge in [-0.1, -0.05) is 23.2 Å². The number of hydrogen-bond donors (Lipinski definition) is 1. The Labute approximate surface area is 159 Å². The van der Waals surface area contributed by atoms with Crippen LogP contribution in [0.3, 0.4) is 0 Å². The molecular weight excluding hydrogens is 357 g/mol. The number of benzene rings is 1. The van der Waals surface area contributed by atoms with Gasteiger partial charge in [0.25, 0.3) is 5.91 Å². The highest BCUT2D eigenvalue weighted by molar-refractivity contribution is 6.35. The highest BCUT2D eigenvalue weighted by Crippen LogP contribution is 2.61. The Bertz CT molecular complexity index is 640. The number of amides is 1. The highest BCUT2D eigenvalue weighted by atomic mass is 35.5. The van der Waals surface area contributed by atoms with Crippen molar-refractivity contribution in [3.8, 4) is 5.75 Å². The van der Waals surface area contributed by atoms with Crippen LogP contribution in [-0.2, 0) is 4.79 Å². The van der Waals surface area contributed by atoms with Crippen LogP contribution in [0.1, 0.15) is 45.4 Å². The molecular formula is C20H25Cl2NO2. The van der Waals surface area contributed by atoms with E-state index in [0.29, 0.717) is 21.2 Å². The number of hydrogen-bond acceptors (Lipinski definition) is 2. The van der Waals surface area contributed by atoms with Crippen LogP contribution in [0.2, 0.25) is 10.0 Å². The first-order chi connectivity index (χ1) is 11.9. The number of halogens is 2. The monoisotopic (exact) mass is 381 g/mol. The standard InChI is InChI=1S/C20H25Cl2NO2/c1-12(20-8-13-4-14(9-20)6-15(5-13)10-20)23-19(24)11-25-18-3-2-16(21)7-17(18)22/h2-3,7,12-15H,4-6,8-11H2,1H3,(H,23,24)/t12-,13?,14?,15?,20?/m1/s1. The predicted molar refractivity (Wildman–Crippen MR) is 100 cm³/mol. The molecule has 0 heterocycles. The van der Waals surface area contributed by atoms with Crippen molar-refractivity contribution in [1.29, 1.82) is 0 Å². The van der Waals surface area contributed by atoms with E-state index in [1.807, 2.05) is 0 Å². The van der Waals surface area contributed by atoms with Crippen LogP contribution in [-0.4, -0.2) is 18.6 Å². The quantitative estimate of drug-likeness (QED) is 0.770. The molecule has 4 bridgehead atoms. The molecule has 0 radical (unpaired) electrons. The number of carbonyl (C=O) groups is 1. The van der Waals surface area contributed by atoms with Gasteiger partial charge >= 0.3 is 0 Å². The van der Waals surface area contributed by atoms with Crippen molar-refractivity contribution in [3.05, 3.63) is 28.2 Å². The summed E-state index contributed by atoms with van der Waals surface area (Å²) in [6, 6.07) is 5.23. The molecule has 4 aliphatic carbocycles.